The molecule has 74 valence electrons. The van der Waals surface area contributed by atoms with Crippen molar-refractivity contribution in [3.63, 3.8) is 0 Å². The van der Waals surface area contributed by atoms with Gasteiger partial charge in [-0.2, -0.15) is 0 Å². The van der Waals surface area contributed by atoms with Crippen LogP contribution in [0.4, 0.5) is 4.39 Å². The predicted molar refractivity (Wildman–Crippen MR) is 53.7 cm³/mol. The van der Waals surface area contributed by atoms with Crippen molar-refractivity contribution in [1.29, 1.82) is 0 Å². The third-order valence-corrected chi connectivity index (χ3v) is 2.50. The topological polar surface area (TPSA) is 21.6 Å². The zero-order chi connectivity index (χ0) is 10.1. The predicted octanol–water partition coefficient (Wildman–Crippen LogP) is 2.20. The summed E-state index contributed by atoms with van der Waals surface area (Å²) in [5.74, 6) is 0.00106. The molecule has 0 unspecified atom stereocenters. The van der Waals surface area contributed by atoms with Crippen LogP contribution in [0.2, 0.25) is 0 Å². The van der Waals surface area contributed by atoms with Gasteiger partial charge >= 0.3 is 0 Å². The highest BCUT2D eigenvalue weighted by molar-refractivity contribution is 6.01. The normalized spacial score (nSPS) is 14.6. The van der Waals surface area contributed by atoms with Crippen LogP contribution in [0.25, 0.3) is 0 Å². The van der Waals surface area contributed by atoms with Crippen molar-refractivity contribution in [2.24, 2.45) is 4.99 Å². The summed E-state index contributed by atoms with van der Waals surface area (Å²) in [6.45, 7) is 2.69. The maximum atomic E-state index is 13.3. The minimum atomic E-state index is -0.291. The highest BCUT2D eigenvalue weighted by atomic mass is 19.1. The van der Waals surface area contributed by atoms with Crippen molar-refractivity contribution >= 4 is 5.71 Å². The van der Waals surface area contributed by atoms with Gasteiger partial charge in [0.25, 0.3) is 0 Å². The fourth-order valence-electron chi connectivity index (χ4n) is 1.72. The number of rotatable bonds is 1. The summed E-state index contributed by atoms with van der Waals surface area (Å²) >= 11 is 0. The Bertz CT molecular complexity index is 399. The molecule has 1 aromatic rings. The van der Waals surface area contributed by atoms with Crippen molar-refractivity contribution in [2.45, 2.75) is 13.3 Å². The van der Waals surface area contributed by atoms with Crippen molar-refractivity contribution in [1.82, 2.24) is 0 Å². The molecule has 0 spiro atoms. The molecule has 0 radical (unpaired) electrons. The minimum absolute atomic E-state index is 0.291. The fraction of sp³-hybridized carbons (Fsp3) is 0.364. The summed E-state index contributed by atoms with van der Waals surface area (Å²) < 4.78 is 18.3. The first-order valence-corrected chi connectivity index (χ1v) is 4.60. The van der Waals surface area contributed by atoms with E-state index in [2.05, 4.69) is 4.99 Å². The van der Waals surface area contributed by atoms with E-state index in [-0.39, 0.29) is 5.82 Å². The highest BCUT2D eigenvalue weighted by Crippen LogP contribution is 2.25. The number of hydrogen-bond acceptors (Lipinski definition) is 2. The molecule has 0 amide bonds. The largest absolute Gasteiger partial charge is 0.494 e. The second kappa shape index (κ2) is 3.40. The van der Waals surface area contributed by atoms with Crippen molar-refractivity contribution < 1.29 is 9.13 Å². The Labute approximate surface area is 82.4 Å². The van der Waals surface area contributed by atoms with Gasteiger partial charge in [-0.1, -0.05) is 0 Å². The third kappa shape index (κ3) is 1.39. The summed E-state index contributed by atoms with van der Waals surface area (Å²) in [4.78, 5) is 4.31. The van der Waals surface area contributed by atoms with E-state index < -0.39 is 0 Å². The number of methoxy groups -OCH3 is 1. The zero-order valence-electron chi connectivity index (χ0n) is 8.30. The molecule has 0 fully saturated rings. The van der Waals surface area contributed by atoms with Crippen LogP contribution in [-0.2, 0) is 6.42 Å². The van der Waals surface area contributed by atoms with Crippen LogP contribution < -0.4 is 4.74 Å². The third-order valence-electron chi connectivity index (χ3n) is 2.50. The van der Waals surface area contributed by atoms with Crippen LogP contribution in [0.5, 0.6) is 5.75 Å². The Morgan fingerprint density at radius 1 is 1.43 bits per heavy atom. The van der Waals surface area contributed by atoms with Gasteiger partial charge in [-0.3, -0.25) is 4.99 Å². The van der Waals surface area contributed by atoms with Gasteiger partial charge in [0.05, 0.1) is 7.11 Å². The number of fused-ring (bicyclic) bond motifs is 1. The Kier molecular flexibility index (Phi) is 2.23. The molecule has 1 aliphatic heterocycles. The van der Waals surface area contributed by atoms with E-state index in [4.69, 9.17) is 4.74 Å². The molecule has 0 aromatic heterocycles. The molecule has 14 heavy (non-hydrogen) atoms. The van der Waals surface area contributed by atoms with Crippen molar-refractivity contribution in [3.8, 4) is 5.75 Å². The second-order valence-electron chi connectivity index (χ2n) is 3.36. The Morgan fingerprint density at radius 2 is 2.21 bits per heavy atom. The molecular weight excluding hydrogens is 181 g/mol. The van der Waals surface area contributed by atoms with Crippen LogP contribution in [-0.4, -0.2) is 19.4 Å². The number of hydrogen-bond donors (Lipinski definition) is 0. The lowest BCUT2D eigenvalue weighted by Gasteiger charge is -2.15. The monoisotopic (exact) mass is 193 g/mol. The summed E-state index contributed by atoms with van der Waals surface area (Å²) in [6.07, 6.45) is 0.813. The number of ether oxygens (including phenoxy) is 1. The molecule has 0 saturated carbocycles. The second-order valence-corrected chi connectivity index (χ2v) is 3.36. The highest BCUT2D eigenvalue weighted by Gasteiger charge is 2.14. The smallest absolute Gasteiger partial charge is 0.165 e. The molecule has 0 bridgehead atoms. The van der Waals surface area contributed by atoms with Crippen molar-refractivity contribution in [3.05, 3.63) is 29.1 Å². The maximum absolute atomic E-state index is 13.3. The lowest BCUT2D eigenvalue weighted by molar-refractivity contribution is 0.386. The first-order chi connectivity index (χ1) is 6.72. The van der Waals surface area contributed by atoms with E-state index in [1.54, 1.807) is 12.1 Å². The van der Waals surface area contributed by atoms with Gasteiger partial charge in [0.15, 0.2) is 11.6 Å². The molecular formula is C11H12FNO. The number of benzene rings is 1. The van der Waals surface area contributed by atoms with E-state index in [1.807, 2.05) is 6.92 Å². The lowest BCUT2D eigenvalue weighted by Crippen LogP contribution is -2.10. The van der Waals surface area contributed by atoms with E-state index in [0.717, 1.165) is 29.8 Å². The number of halogens is 1. The molecule has 2 rings (SSSR count). The SMILES string of the molecule is COc1cc2c(cc1F)CCN=C2C. The van der Waals surface area contributed by atoms with Crippen LogP contribution in [0.3, 0.4) is 0 Å². The molecule has 0 aliphatic carbocycles. The number of nitrogens with zero attached hydrogens (tertiary/aromatic N) is 1. The average molecular weight is 193 g/mol. The summed E-state index contributed by atoms with van der Waals surface area (Å²) in [7, 11) is 1.47. The van der Waals surface area contributed by atoms with Gasteiger partial charge in [-0.15, -0.1) is 0 Å². The van der Waals surface area contributed by atoms with Crippen LogP contribution in [0, 0.1) is 5.82 Å². The maximum Gasteiger partial charge on any atom is 0.165 e. The lowest BCUT2D eigenvalue weighted by atomic mass is 9.98. The van der Waals surface area contributed by atoms with Gasteiger partial charge in [-0.25, -0.2) is 4.39 Å². The summed E-state index contributed by atoms with van der Waals surface area (Å²) in [5.41, 5.74) is 3.00. The van der Waals surface area contributed by atoms with Gasteiger partial charge in [-0.05, 0) is 31.0 Å². The summed E-state index contributed by atoms with van der Waals surface area (Å²) in [6, 6.07) is 3.27. The molecule has 1 aliphatic rings. The standard InChI is InChI=1S/C11H12FNO/c1-7-9-6-11(14-2)10(12)5-8(9)3-4-13-7/h5-6H,3-4H2,1-2H3. The minimum Gasteiger partial charge on any atom is -0.494 e. The molecule has 1 heterocycles. The van der Waals surface area contributed by atoms with E-state index in [9.17, 15) is 4.39 Å². The van der Waals surface area contributed by atoms with Crippen LogP contribution >= 0.6 is 0 Å². The Hall–Kier alpha value is -1.38. The van der Waals surface area contributed by atoms with Gasteiger partial charge in [0.1, 0.15) is 0 Å². The van der Waals surface area contributed by atoms with Crippen molar-refractivity contribution in [2.75, 3.05) is 13.7 Å². The van der Waals surface area contributed by atoms with E-state index >= 15 is 0 Å². The first-order valence-electron chi connectivity index (χ1n) is 4.60. The van der Waals surface area contributed by atoms with Crippen LogP contribution in [0.15, 0.2) is 17.1 Å². The van der Waals surface area contributed by atoms with Gasteiger partial charge < -0.3 is 4.74 Å². The van der Waals surface area contributed by atoms with Gasteiger partial charge in [0.2, 0.25) is 0 Å². The summed E-state index contributed by atoms with van der Waals surface area (Å²) in [5, 5.41) is 0. The van der Waals surface area contributed by atoms with E-state index in [1.165, 1.54) is 7.11 Å². The fourth-order valence-corrected chi connectivity index (χ4v) is 1.72. The van der Waals surface area contributed by atoms with Gasteiger partial charge in [0, 0.05) is 17.8 Å². The zero-order valence-corrected chi connectivity index (χ0v) is 8.30. The molecule has 0 saturated heterocycles. The average Bonchev–Trinajstić information content (AvgIpc) is 2.17. The van der Waals surface area contributed by atoms with Crippen LogP contribution in [0.1, 0.15) is 18.1 Å². The molecule has 3 heteroatoms. The molecule has 2 nitrogen and oxygen atoms in total. The first kappa shape index (κ1) is 9.19. The Morgan fingerprint density at radius 3 is 2.93 bits per heavy atom. The van der Waals surface area contributed by atoms with E-state index in [0.29, 0.717) is 5.75 Å². The molecule has 0 atom stereocenters. The Balaban J connectivity index is 2.57. The quantitative estimate of drug-likeness (QED) is 0.670. The molecule has 1 aromatic carbocycles. The molecule has 0 N–H and O–H groups in total. The number of aliphatic imine (C=N–C) groups is 1.